The second-order valence-corrected chi connectivity index (χ2v) is 4.65. The lowest BCUT2D eigenvalue weighted by Crippen LogP contribution is -2.03. The smallest absolute Gasteiger partial charge is 0.223 e. The van der Waals surface area contributed by atoms with Crippen molar-refractivity contribution in [3.8, 4) is 5.82 Å². The lowest BCUT2D eigenvalue weighted by molar-refractivity contribution is 0.852. The number of nitrogen functional groups attached to an aromatic ring is 1. The summed E-state index contributed by atoms with van der Waals surface area (Å²) in [7, 11) is 0. The highest BCUT2D eigenvalue weighted by Gasteiger charge is 2.11. The summed E-state index contributed by atoms with van der Waals surface area (Å²) in [5.74, 6) is 0.938. The molecule has 0 radical (unpaired) electrons. The van der Waals surface area contributed by atoms with Crippen LogP contribution in [0.5, 0.6) is 0 Å². The topological polar surface area (TPSA) is 82.5 Å². The highest BCUT2D eigenvalue weighted by atomic mass is 32.1. The Kier molecular flexibility index (Phi) is 2.25. The van der Waals surface area contributed by atoms with E-state index in [1.165, 1.54) is 11.2 Å². The maximum Gasteiger partial charge on any atom is 0.223 e. The van der Waals surface area contributed by atoms with Crippen molar-refractivity contribution < 1.29 is 0 Å². The van der Waals surface area contributed by atoms with E-state index in [0.29, 0.717) is 5.82 Å². The number of aryl methyl sites for hydroxylation is 1. The molecule has 0 unspecified atom stereocenters. The molecule has 0 saturated carbocycles. The number of rotatable bonds is 2. The molecule has 3 heterocycles. The molecule has 0 amide bonds. The summed E-state index contributed by atoms with van der Waals surface area (Å²) in [6.07, 6.45) is 4.04. The molecule has 3 aromatic rings. The van der Waals surface area contributed by atoms with Crippen LogP contribution in [-0.4, -0.2) is 24.7 Å². The Labute approximate surface area is 101 Å². The minimum atomic E-state index is 0.257. The number of hydrogen-bond donors (Lipinski definition) is 1. The molecule has 0 aliphatic carbocycles. The van der Waals surface area contributed by atoms with Crippen molar-refractivity contribution in [2.24, 2.45) is 0 Å². The standard InChI is InChI=1S/C10H10N6S/c1-2-6-3-7-8(16-5-12-4-13-16)14-10(11)15-9(7)17-6/h3-5H,2H2,1H3,(H2,11,14,15). The zero-order valence-electron chi connectivity index (χ0n) is 9.16. The Morgan fingerprint density at radius 1 is 1.41 bits per heavy atom. The van der Waals surface area contributed by atoms with Crippen molar-refractivity contribution in [2.75, 3.05) is 5.73 Å². The molecule has 0 aromatic carbocycles. The number of fused-ring (bicyclic) bond motifs is 1. The third kappa shape index (κ3) is 1.64. The van der Waals surface area contributed by atoms with Crippen LogP contribution in [0, 0.1) is 0 Å². The van der Waals surface area contributed by atoms with Crippen LogP contribution in [0.25, 0.3) is 16.0 Å². The van der Waals surface area contributed by atoms with Gasteiger partial charge in [0.15, 0.2) is 5.82 Å². The van der Waals surface area contributed by atoms with Crippen molar-refractivity contribution in [2.45, 2.75) is 13.3 Å². The average molecular weight is 246 g/mol. The molecule has 3 aromatic heterocycles. The second-order valence-electron chi connectivity index (χ2n) is 3.53. The minimum absolute atomic E-state index is 0.257. The highest BCUT2D eigenvalue weighted by molar-refractivity contribution is 7.18. The third-order valence-electron chi connectivity index (χ3n) is 2.43. The quantitative estimate of drug-likeness (QED) is 0.739. The molecule has 0 spiro atoms. The monoisotopic (exact) mass is 246 g/mol. The van der Waals surface area contributed by atoms with Gasteiger partial charge < -0.3 is 5.73 Å². The van der Waals surface area contributed by atoms with Gasteiger partial charge in [0, 0.05) is 4.88 Å². The van der Waals surface area contributed by atoms with Gasteiger partial charge in [0.2, 0.25) is 5.95 Å². The van der Waals surface area contributed by atoms with Gasteiger partial charge in [0.1, 0.15) is 17.5 Å². The molecule has 17 heavy (non-hydrogen) atoms. The molecule has 6 nitrogen and oxygen atoms in total. The van der Waals surface area contributed by atoms with E-state index in [-0.39, 0.29) is 5.95 Å². The molecule has 3 rings (SSSR count). The number of hydrogen-bond acceptors (Lipinski definition) is 6. The van der Waals surface area contributed by atoms with Crippen LogP contribution < -0.4 is 5.73 Å². The number of nitrogens with two attached hydrogens (primary N) is 1. The van der Waals surface area contributed by atoms with E-state index in [1.54, 1.807) is 22.3 Å². The number of thiophene rings is 1. The summed E-state index contributed by atoms with van der Waals surface area (Å²) >= 11 is 1.63. The summed E-state index contributed by atoms with van der Waals surface area (Å²) in [5, 5.41) is 5.04. The number of anilines is 1. The van der Waals surface area contributed by atoms with E-state index in [1.807, 2.05) is 0 Å². The molecule has 7 heteroatoms. The van der Waals surface area contributed by atoms with Crippen LogP contribution >= 0.6 is 11.3 Å². The first-order valence-electron chi connectivity index (χ1n) is 5.19. The Morgan fingerprint density at radius 2 is 2.29 bits per heavy atom. The summed E-state index contributed by atoms with van der Waals surface area (Å²) in [6.45, 7) is 2.11. The summed E-state index contributed by atoms with van der Waals surface area (Å²) < 4.78 is 1.60. The van der Waals surface area contributed by atoms with Crippen molar-refractivity contribution >= 4 is 27.5 Å². The Hall–Kier alpha value is -2.02. The molecule has 0 atom stereocenters. The lowest BCUT2D eigenvalue weighted by atomic mass is 10.3. The fourth-order valence-electron chi connectivity index (χ4n) is 1.64. The van der Waals surface area contributed by atoms with Gasteiger partial charge in [-0.15, -0.1) is 11.3 Å². The summed E-state index contributed by atoms with van der Waals surface area (Å²) in [4.78, 5) is 14.5. The van der Waals surface area contributed by atoms with Gasteiger partial charge in [0.05, 0.1) is 5.39 Å². The minimum Gasteiger partial charge on any atom is -0.368 e. The Morgan fingerprint density at radius 3 is 3.00 bits per heavy atom. The summed E-state index contributed by atoms with van der Waals surface area (Å²) in [6, 6.07) is 2.08. The molecule has 0 fully saturated rings. The molecule has 0 saturated heterocycles. The predicted octanol–water partition coefficient (Wildman–Crippen LogP) is 1.42. The van der Waals surface area contributed by atoms with Crippen molar-refractivity contribution in [3.05, 3.63) is 23.6 Å². The highest BCUT2D eigenvalue weighted by Crippen LogP contribution is 2.28. The first-order chi connectivity index (χ1) is 8.28. The van der Waals surface area contributed by atoms with Crippen LogP contribution in [0.2, 0.25) is 0 Å². The molecular weight excluding hydrogens is 236 g/mol. The fourth-order valence-corrected chi connectivity index (χ4v) is 2.61. The third-order valence-corrected chi connectivity index (χ3v) is 3.60. The maximum atomic E-state index is 5.70. The van der Waals surface area contributed by atoms with Crippen LogP contribution in [0.3, 0.4) is 0 Å². The van der Waals surface area contributed by atoms with Gasteiger partial charge in [-0.25, -0.2) is 14.6 Å². The van der Waals surface area contributed by atoms with Crippen LogP contribution in [0.4, 0.5) is 5.95 Å². The van der Waals surface area contributed by atoms with Crippen molar-refractivity contribution in [1.29, 1.82) is 0 Å². The van der Waals surface area contributed by atoms with E-state index < -0.39 is 0 Å². The molecule has 2 N–H and O–H groups in total. The van der Waals surface area contributed by atoms with Gasteiger partial charge in [-0.3, -0.25) is 0 Å². The van der Waals surface area contributed by atoms with Gasteiger partial charge >= 0.3 is 0 Å². The zero-order valence-corrected chi connectivity index (χ0v) is 9.98. The van der Waals surface area contributed by atoms with E-state index in [4.69, 9.17) is 5.73 Å². The normalized spacial score (nSPS) is 11.1. The maximum absolute atomic E-state index is 5.70. The van der Waals surface area contributed by atoms with Crippen molar-refractivity contribution in [3.63, 3.8) is 0 Å². The van der Waals surface area contributed by atoms with Gasteiger partial charge in [-0.1, -0.05) is 6.92 Å². The second kappa shape index (κ2) is 3.77. The average Bonchev–Trinajstić information content (AvgIpc) is 2.96. The van der Waals surface area contributed by atoms with E-state index in [2.05, 4.69) is 33.0 Å². The molecule has 86 valence electrons. The SMILES string of the molecule is CCc1cc2c(-n3cncn3)nc(N)nc2s1. The fraction of sp³-hybridized carbons (Fsp3) is 0.200. The van der Waals surface area contributed by atoms with Gasteiger partial charge in [-0.05, 0) is 12.5 Å². The van der Waals surface area contributed by atoms with E-state index >= 15 is 0 Å². The Bertz CT molecular complexity index is 657. The van der Waals surface area contributed by atoms with Crippen LogP contribution in [0.15, 0.2) is 18.7 Å². The predicted molar refractivity (Wildman–Crippen MR) is 66.1 cm³/mol. The lowest BCUT2D eigenvalue weighted by Gasteiger charge is -2.01. The van der Waals surface area contributed by atoms with Crippen LogP contribution in [0.1, 0.15) is 11.8 Å². The number of nitrogens with zero attached hydrogens (tertiary/aromatic N) is 5. The number of aromatic nitrogens is 5. The molecule has 0 aliphatic heterocycles. The largest absolute Gasteiger partial charge is 0.368 e. The van der Waals surface area contributed by atoms with Gasteiger partial charge in [0.25, 0.3) is 0 Å². The first-order valence-corrected chi connectivity index (χ1v) is 6.00. The Balaban J connectivity index is 2.32. The molecular formula is C10H10N6S. The molecule has 0 bridgehead atoms. The van der Waals surface area contributed by atoms with Crippen molar-refractivity contribution in [1.82, 2.24) is 24.7 Å². The summed E-state index contributed by atoms with van der Waals surface area (Å²) in [5.41, 5.74) is 5.70. The van der Waals surface area contributed by atoms with Crippen LogP contribution in [-0.2, 0) is 6.42 Å². The van der Waals surface area contributed by atoms with E-state index in [9.17, 15) is 0 Å². The first kappa shape index (κ1) is 10.2. The molecule has 0 aliphatic rings. The van der Waals surface area contributed by atoms with E-state index in [0.717, 1.165) is 16.6 Å². The van der Waals surface area contributed by atoms with Gasteiger partial charge in [-0.2, -0.15) is 10.1 Å². The zero-order chi connectivity index (χ0) is 11.8.